The van der Waals surface area contributed by atoms with Gasteiger partial charge in [0.1, 0.15) is 0 Å². The Hall–Kier alpha value is -4.67. The highest BCUT2D eigenvalue weighted by Gasteiger charge is 2.14. The summed E-state index contributed by atoms with van der Waals surface area (Å²) in [6.45, 7) is 1.39. The van der Waals surface area contributed by atoms with Gasteiger partial charge in [0.05, 0.1) is 26.4 Å². The summed E-state index contributed by atoms with van der Waals surface area (Å²) in [5, 5.41) is 37.0. The van der Waals surface area contributed by atoms with Crippen molar-refractivity contribution in [1.29, 1.82) is 0 Å². The van der Waals surface area contributed by atoms with E-state index < -0.39 is 0 Å². The van der Waals surface area contributed by atoms with E-state index in [1.807, 2.05) is 9.80 Å². The van der Waals surface area contributed by atoms with E-state index >= 15 is 0 Å². The van der Waals surface area contributed by atoms with Gasteiger partial charge < -0.3 is 30.2 Å². The fourth-order valence-corrected chi connectivity index (χ4v) is 5.23. The van der Waals surface area contributed by atoms with Crippen molar-refractivity contribution in [3.63, 3.8) is 0 Å². The number of hydrogen-bond donors (Lipinski definition) is 4. The molecule has 4 aromatic rings. The molecule has 0 aliphatic heterocycles. The van der Waals surface area contributed by atoms with Crippen molar-refractivity contribution in [1.82, 2.24) is 0 Å². The molecule has 0 saturated carbocycles. The Morgan fingerprint density at radius 2 is 0.696 bits per heavy atom. The molecular weight excluding hydrogens is 584 g/mol. The summed E-state index contributed by atoms with van der Waals surface area (Å²) in [6, 6.07) is 28.1. The van der Waals surface area contributed by atoms with Crippen LogP contribution in [0.4, 0.5) is 11.4 Å². The summed E-state index contributed by atoms with van der Waals surface area (Å²) in [5.74, 6) is -0.284. The van der Waals surface area contributed by atoms with Crippen LogP contribution in [0.5, 0.6) is 0 Å². The monoisotopic (exact) mass is 624 g/mol. The number of anilines is 2. The molecule has 240 valence electrons. The van der Waals surface area contributed by atoms with Crippen LogP contribution in [0.25, 0.3) is 0 Å². The number of benzene rings is 4. The molecule has 4 aromatic carbocycles. The molecule has 9 heteroatoms. The Kier molecular flexibility index (Phi) is 12.7. The van der Waals surface area contributed by atoms with E-state index in [2.05, 4.69) is 0 Å². The van der Waals surface area contributed by atoms with Crippen LogP contribution in [0.15, 0.2) is 97.1 Å². The molecule has 4 rings (SSSR count). The van der Waals surface area contributed by atoms with Gasteiger partial charge in [0.15, 0.2) is 17.3 Å². The van der Waals surface area contributed by atoms with Gasteiger partial charge in [-0.05, 0) is 59.7 Å². The lowest BCUT2D eigenvalue weighted by Crippen LogP contribution is -2.29. The highest BCUT2D eigenvalue weighted by molar-refractivity contribution is 6.09. The molecule has 0 heterocycles. The lowest BCUT2D eigenvalue weighted by atomic mass is 9.97. The Morgan fingerprint density at radius 1 is 0.413 bits per heavy atom. The van der Waals surface area contributed by atoms with Crippen LogP contribution in [0.1, 0.15) is 47.8 Å². The molecule has 0 aromatic heterocycles. The Labute approximate surface area is 269 Å². The van der Waals surface area contributed by atoms with Crippen molar-refractivity contribution in [3.05, 3.63) is 130 Å². The first kappa shape index (κ1) is 34.2. The largest absolute Gasteiger partial charge is 0.395 e. The molecule has 0 unspecified atom stereocenters. The van der Waals surface area contributed by atoms with Gasteiger partial charge in [-0.15, -0.1) is 0 Å². The standard InChI is InChI=1S/C37H40N2O7/c40-21-17-38(18-22-41)33-13-9-29(10-14-33)35(44)25-27-1-5-31(6-2-27)37(46)32-7-3-28(4-8-32)26-36(45)30-11-15-34(16-12-30)39(19-23-42)20-24-43/h1-16,40-43H,17-26H2. The highest BCUT2D eigenvalue weighted by atomic mass is 16.3. The molecule has 0 bridgehead atoms. The predicted octanol–water partition coefficient (Wildman–Crippen LogP) is 3.35. The Morgan fingerprint density at radius 3 is 0.978 bits per heavy atom. The van der Waals surface area contributed by atoms with E-state index in [1.54, 1.807) is 97.1 Å². The second kappa shape index (κ2) is 17.1. The molecule has 0 aliphatic rings. The van der Waals surface area contributed by atoms with E-state index in [1.165, 1.54) is 0 Å². The number of rotatable bonds is 18. The first-order valence-electron chi connectivity index (χ1n) is 15.3. The van der Waals surface area contributed by atoms with Crippen molar-refractivity contribution in [2.24, 2.45) is 0 Å². The average Bonchev–Trinajstić information content (AvgIpc) is 3.08. The fourth-order valence-electron chi connectivity index (χ4n) is 5.23. The summed E-state index contributed by atoms with van der Waals surface area (Å²) in [6.07, 6.45) is 0.361. The molecule has 46 heavy (non-hydrogen) atoms. The van der Waals surface area contributed by atoms with Crippen molar-refractivity contribution < 1.29 is 34.8 Å². The summed E-state index contributed by atoms with van der Waals surface area (Å²) < 4.78 is 0. The summed E-state index contributed by atoms with van der Waals surface area (Å²) in [7, 11) is 0. The number of hydrogen-bond acceptors (Lipinski definition) is 9. The van der Waals surface area contributed by atoms with Crippen LogP contribution in [0.3, 0.4) is 0 Å². The first-order valence-corrected chi connectivity index (χ1v) is 15.3. The average molecular weight is 625 g/mol. The molecule has 0 aliphatic carbocycles. The van der Waals surface area contributed by atoms with Gasteiger partial charge in [0, 0.05) is 72.6 Å². The normalized spacial score (nSPS) is 10.9. The zero-order chi connectivity index (χ0) is 32.9. The van der Waals surface area contributed by atoms with Crippen molar-refractivity contribution in [2.45, 2.75) is 12.8 Å². The number of Topliss-reactive ketones (excluding diaryl/α,β-unsaturated/α-hetero) is 2. The van der Waals surface area contributed by atoms with Crippen LogP contribution >= 0.6 is 0 Å². The molecule has 0 fully saturated rings. The van der Waals surface area contributed by atoms with Gasteiger partial charge in [0.25, 0.3) is 0 Å². The highest BCUT2D eigenvalue weighted by Crippen LogP contribution is 2.19. The minimum absolute atomic E-state index is 0.0392. The number of ketones is 3. The van der Waals surface area contributed by atoms with E-state index in [4.69, 9.17) is 0 Å². The molecule has 9 nitrogen and oxygen atoms in total. The zero-order valence-electron chi connectivity index (χ0n) is 25.7. The van der Waals surface area contributed by atoms with Gasteiger partial charge in [-0.1, -0.05) is 48.5 Å². The van der Waals surface area contributed by atoms with Gasteiger partial charge in [-0.2, -0.15) is 0 Å². The van der Waals surface area contributed by atoms with E-state index in [9.17, 15) is 34.8 Å². The van der Waals surface area contributed by atoms with Gasteiger partial charge in [-0.3, -0.25) is 14.4 Å². The molecule has 0 amide bonds. The SMILES string of the molecule is O=C(Cc1ccc(C(=O)c2ccc(CC(=O)c3ccc(N(CCO)CCO)cc3)cc2)cc1)c1ccc(N(CCO)CCO)cc1. The Balaban J connectivity index is 1.32. The van der Waals surface area contributed by atoms with Gasteiger partial charge >= 0.3 is 0 Å². The van der Waals surface area contributed by atoms with Crippen LogP contribution in [-0.2, 0) is 12.8 Å². The fraction of sp³-hybridized carbons (Fsp3) is 0.270. The molecule has 4 N–H and O–H groups in total. The second-order valence-corrected chi connectivity index (χ2v) is 10.9. The molecule has 0 radical (unpaired) electrons. The number of aliphatic hydroxyl groups excluding tert-OH is 4. The van der Waals surface area contributed by atoms with Crippen LogP contribution in [-0.4, -0.2) is 90.4 Å². The van der Waals surface area contributed by atoms with Crippen molar-refractivity contribution in [2.75, 3.05) is 62.4 Å². The topological polar surface area (TPSA) is 139 Å². The van der Waals surface area contributed by atoms with E-state index in [0.717, 1.165) is 22.5 Å². The molecule has 0 spiro atoms. The number of nitrogens with zero attached hydrogens (tertiary/aromatic N) is 2. The maximum Gasteiger partial charge on any atom is 0.193 e. The third kappa shape index (κ3) is 9.18. The first-order chi connectivity index (χ1) is 22.4. The summed E-state index contributed by atoms with van der Waals surface area (Å²) in [4.78, 5) is 42.5. The molecule has 0 saturated heterocycles. The second-order valence-electron chi connectivity index (χ2n) is 10.9. The maximum atomic E-state index is 13.1. The third-order valence-corrected chi connectivity index (χ3v) is 7.75. The van der Waals surface area contributed by atoms with Gasteiger partial charge in [-0.25, -0.2) is 0 Å². The smallest absolute Gasteiger partial charge is 0.193 e. The third-order valence-electron chi connectivity index (χ3n) is 7.75. The predicted molar refractivity (Wildman–Crippen MR) is 178 cm³/mol. The maximum absolute atomic E-state index is 13.1. The van der Waals surface area contributed by atoms with Crippen LogP contribution < -0.4 is 9.80 Å². The lowest BCUT2D eigenvalue weighted by molar-refractivity contribution is 0.0985. The lowest BCUT2D eigenvalue weighted by Gasteiger charge is -2.23. The van der Waals surface area contributed by atoms with Crippen molar-refractivity contribution >= 4 is 28.7 Å². The molecular formula is C37H40N2O7. The number of carbonyl (C=O) groups excluding carboxylic acids is 3. The minimum atomic E-state index is -0.160. The Bertz CT molecular complexity index is 1440. The number of aliphatic hydroxyl groups is 4. The zero-order valence-corrected chi connectivity index (χ0v) is 25.7. The molecule has 0 atom stereocenters. The van der Waals surface area contributed by atoms with E-state index in [-0.39, 0.29) is 56.6 Å². The van der Waals surface area contributed by atoms with Crippen LogP contribution in [0, 0.1) is 0 Å². The van der Waals surface area contributed by atoms with Gasteiger partial charge in [0.2, 0.25) is 0 Å². The summed E-state index contributed by atoms with van der Waals surface area (Å²) >= 11 is 0. The van der Waals surface area contributed by atoms with Crippen molar-refractivity contribution in [3.8, 4) is 0 Å². The quantitative estimate of drug-likeness (QED) is 0.123. The summed E-state index contributed by atoms with van der Waals surface area (Å²) in [5.41, 5.74) is 5.28. The van der Waals surface area contributed by atoms with Crippen LogP contribution in [0.2, 0.25) is 0 Å². The minimum Gasteiger partial charge on any atom is -0.395 e. The van der Waals surface area contributed by atoms with E-state index in [0.29, 0.717) is 48.4 Å². The number of carbonyl (C=O) groups is 3.